The van der Waals surface area contributed by atoms with Crippen LogP contribution in [0.15, 0.2) is 58.7 Å². The molecule has 0 spiro atoms. The minimum Gasteiger partial charge on any atom is -0.497 e. The third-order valence-electron chi connectivity index (χ3n) is 5.19. The van der Waals surface area contributed by atoms with Gasteiger partial charge in [-0.1, -0.05) is 6.07 Å². The summed E-state index contributed by atoms with van der Waals surface area (Å²) in [6, 6.07) is 9.28. The molecule has 2 N–H and O–H groups in total. The standard InChI is InChI=1S/C22H21N5O5S/c1-13-18-19(17(22(28)29)12-25-20(18)27(2)26-13)24-11-14-5-4-10-23-21(14)33(30,31)16-8-6-15(32-3)7-9-16/h4-10,12H,11H2,1-3H3,(H,24,25)(H,28,29). The van der Waals surface area contributed by atoms with E-state index in [9.17, 15) is 18.3 Å². The molecule has 0 saturated carbocycles. The maximum Gasteiger partial charge on any atom is 0.339 e. The van der Waals surface area contributed by atoms with Gasteiger partial charge >= 0.3 is 5.97 Å². The minimum atomic E-state index is -3.92. The SMILES string of the molecule is COc1ccc(S(=O)(=O)c2ncccc2CNc2c(C(=O)O)cnc3c2c(C)nn3C)cc1. The Morgan fingerprint density at radius 1 is 1.18 bits per heavy atom. The second-order valence-corrected chi connectivity index (χ2v) is 9.12. The molecular formula is C22H21N5O5S. The lowest BCUT2D eigenvalue weighted by Crippen LogP contribution is -2.13. The normalized spacial score (nSPS) is 11.5. The van der Waals surface area contributed by atoms with Crippen molar-refractivity contribution in [2.24, 2.45) is 7.05 Å². The quantitative estimate of drug-likeness (QED) is 0.420. The van der Waals surface area contributed by atoms with Gasteiger partial charge in [0.05, 0.1) is 28.8 Å². The van der Waals surface area contributed by atoms with E-state index in [2.05, 4.69) is 20.4 Å². The Bertz CT molecular complexity index is 1460. The number of rotatable bonds is 7. The van der Waals surface area contributed by atoms with Gasteiger partial charge in [0.1, 0.15) is 11.3 Å². The average molecular weight is 468 g/mol. The van der Waals surface area contributed by atoms with Crippen molar-refractivity contribution in [2.75, 3.05) is 12.4 Å². The van der Waals surface area contributed by atoms with E-state index in [0.29, 0.717) is 33.7 Å². The number of aryl methyl sites for hydroxylation is 2. The topological polar surface area (TPSA) is 136 Å². The Morgan fingerprint density at radius 3 is 2.58 bits per heavy atom. The van der Waals surface area contributed by atoms with Crippen molar-refractivity contribution in [2.45, 2.75) is 23.4 Å². The van der Waals surface area contributed by atoms with Crippen molar-refractivity contribution < 1.29 is 23.1 Å². The molecule has 0 atom stereocenters. The Balaban J connectivity index is 1.75. The maximum atomic E-state index is 13.3. The lowest BCUT2D eigenvalue weighted by molar-refractivity contribution is 0.0697. The predicted octanol–water partition coefficient (Wildman–Crippen LogP) is 2.82. The molecule has 3 heterocycles. The number of benzene rings is 1. The van der Waals surface area contributed by atoms with Crippen molar-refractivity contribution in [1.82, 2.24) is 19.7 Å². The molecular weight excluding hydrogens is 446 g/mol. The number of carboxylic acid groups (broad SMARTS) is 1. The van der Waals surface area contributed by atoms with Crippen LogP contribution in [-0.4, -0.2) is 46.4 Å². The van der Waals surface area contributed by atoms with E-state index in [4.69, 9.17) is 4.74 Å². The van der Waals surface area contributed by atoms with Crippen LogP contribution >= 0.6 is 0 Å². The van der Waals surface area contributed by atoms with Gasteiger partial charge < -0.3 is 15.2 Å². The van der Waals surface area contributed by atoms with Gasteiger partial charge in [-0.05, 0) is 37.3 Å². The van der Waals surface area contributed by atoms with Crippen LogP contribution in [0.4, 0.5) is 5.69 Å². The first-order valence-electron chi connectivity index (χ1n) is 9.86. The fraction of sp³-hybridized carbons (Fsp3) is 0.182. The van der Waals surface area contributed by atoms with Crippen LogP contribution < -0.4 is 10.1 Å². The first kappa shape index (κ1) is 22.2. The molecule has 0 aliphatic heterocycles. The number of methoxy groups -OCH3 is 1. The zero-order chi connectivity index (χ0) is 23.8. The fourth-order valence-electron chi connectivity index (χ4n) is 3.61. The van der Waals surface area contributed by atoms with E-state index in [-0.39, 0.29) is 22.0 Å². The number of carboxylic acids is 1. The average Bonchev–Trinajstić information content (AvgIpc) is 3.11. The van der Waals surface area contributed by atoms with Gasteiger partial charge in [0.15, 0.2) is 10.7 Å². The highest BCUT2D eigenvalue weighted by molar-refractivity contribution is 7.91. The molecule has 33 heavy (non-hydrogen) atoms. The molecule has 1 aromatic carbocycles. The highest BCUT2D eigenvalue weighted by Crippen LogP contribution is 2.30. The number of hydrogen-bond donors (Lipinski definition) is 2. The molecule has 10 nitrogen and oxygen atoms in total. The Labute approximate surface area is 189 Å². The van der Waals surface area contributed by atoms with Gasteiger partial charge in [-0.3, -0.25) is 4.68 Å². The lowest BCUT2D eigenvalue weighted by atomic mass is 10.1. The number of nitrogens with one attached hydrogen (secondary N) is 1. The summed E-state index contributed by atoms with van der Waals surface area (Å²) in [7, 11) is -0.711. The summed E-state index contributed by atoms with van der Waals surface area (Å²) in [5, 5.41) is 17.5. The van der Waals surface area contributed by atoms with Crippen LogP contribution in [0.5, 0.6) is 5.75 Å². The van der Waals surface area contributed by atoms with Gasteiger partial charge in [0, 0.05) is 31.5 Å². The number of aromatic carboxylic acids is 1. The number of fused-ring (bicyclic) bond motifs is 1. The molecule has 3 aromatic heterocycles. The second kappa shape index (κ2) is 8.51. The summed E-state index contributed by atoms with van der Waals surface area (Å²) in [4.78, 5) is 20.2. The van der Waals surface area contributed by atoms with Gasteiger partial charge in [0.25, 0.3) is 0 Å². The summed E-state index contributed by atoms with van der Waals surface area (Å²) in [5.74, 6) is -0.626. The van der Waals surface area contributed by atoms with Gasteiger partial charge in [-0.25, -0.2) is 23.2 Å². The molecule has 0 fully saturated rings. The highest BCUT2D eigenvalue weighted by Gasteiger charge is 2.24. The smallest absolute Gasteiger partial charge is 0.339 e. The number of carbonyl (C=O) groups is 1. The summed E-state index contributed by atoms with van der Waals surface area (Å²) < 4.78 is 33.2. The van der Waals surface area contributed by atoms with E-state index in [1.807, 2.05) is 0 Å². The zero-order valence-corrected chi connectivity index (χ0v) is 18.9. The monoisotopic (exact) mass is 467 g/mol. The van der Waals surface area contributed by atoms with Crippen molar-refractivity contribution in [3.8, 4) is 5.75 Å². The number of pyridine rings is 2. The molecule has 0 aliphatic rings. The van der Waals surface area contributed by atoms with E-state index in [1.54, 1.807) is 42.9 Å². The number of hydrogen-bond acceptors (Lipinski definition) is 8. The molecule has 0 unspecified atom stereocenters. The molecule has 170 valence electrons. The third-order valence-corrected chi connectivity index (χ3v) is 6.96. The Morgan fingerprint density at radius 2 is 1.91 bits per heavy atom. The van der Waals surface area contributed by atoms with Crippen LogP contribution in [0.3, 0.4) is 0 Å². The largest absolute Gasteiger partial charge is 0.497 e. The van der Waals surface area contributed by atoms with E-state index < -0.39 is 15.8 Å². The fourth-order valence-corrected chi connectivity index (χ4v) is 5.01. The first-order chi connectivity index (χ1) is 15.7. The maximum absolute atomic E-state index is 13.3. The highest BCUT2D eigenvalue weighted by atomic mass is 32.2. The van der Waals surface area contributed by atoms with Crippen LogP contribution in [0.2, 0.25) is 0 Å². The van der Waals surface area contributed by atoms with Crippen LogP contribution in [0, 0.1) is 6.92 Å². The molecule has 4 aromatic rings. The molecule has 11 heteroatoms. The molecule has 0 radical (unpaired) electrons. The number of aromatic nitrogens is 4. The first-order valence-corrected chi connectivity index (χ1v) is 11.3. The van der Waals surface area contributed by atoms with Crippen molar-refractivity contribution in [3.63, 3.8) is 0 Å². The van der Waals surface area contributed by atoms with Crippen molar-refractivity contribution >= 4 is 32.5 Å². The summed E-state index contributed by atoms with van der Waals surface area (Å²) in [5.41, 5.74) is 1.77. The predicted molar refractivity (Wildman–Crippen MR) is 120 cm³/mol. The number of anilines is 1. The van der Waals surface area contributed by atoms with E-state index >= 15 is 0 Å². The molecule has 0 aliphatic carbocycles. The Kier molecular flexibility index (Phi) is 5.73. The van der Waals surface area contributed by atoms with Crippen LogP contribution in [-0.2, 0) is 23.4 Å². The van der Waals surface area contributed by atoms with Gasteiger partial charge in [-0.2, -0.15) is 5.10 Å². The number of sulfone groups is 1. The summed E-state index contributed by atoms with van der Waals surface area (Å²) in [6.45, 7) is 1.77. The summed E-state index contributed by atoms with van der Waals surface area (Å²) >= 11 is 0. The third kappa shape index (κ3) is 3.98. The second-order valence-electron chi connectivity index (χ2n) is 7.26. The number of ether oxygens (including phenoxy) is 1. The zero-order valence-electron chi connectivity index (χ0n) is 18.1. The van der Waals surface area contributed by atoms with Gasteiger partial charge in [0.2, 0.25) is 9.84 Å². The van der Waals surface area contributed by atoms with Crippen LogP contribution in [0.1, 0.15) is 21.6 Å². The van der Waals surface area contributed by atoms with E-state index in [0.717, 1.165) is 0 Å². The van der Waals surface area contributed by atoms with Crippen molar-refractivity contribution in [1.29, 1.82) is 0 Å². The van der Waals surface area contributed by atoms with Crippen LogP contribution in [0.25, 0.3) is 11.0 Å². The molecule has 4 rings (SSSR count). The summed E-state index contributed by atoms with van der Waals surface area (Å²) in [6.07, 6.45) is 2.66. The van der Waals surface area contributed by atoms with Crippen molar-refractivity contribution in [3.05, 3.63) is 65.6 Å². The van der Waals surface area contributed by atoms with E-state index in [1.165, 1.54) is 31.6 Å². The number of nitrogens with zero attached hydrogens (tertiary/aromatic N) is 4. The molecule has 0 bridgehead atoms. The molecule has 0 saturated heterocycles. The Hall–Kier alpha value is -3.99. The molecule has 0 amide bonds. The van der Waals surface area contributed by atoms with Gasteiger partial charge in [-0.15, -0.1) is 0 Å². The lowest BCUT2D eigenvalue weighted by Gasteiger charge is -2.14. The minimum absolute atomic E-state index is 0.0201.